The zero-order valence-electron chi connectivity index (χ0n) is 12.7. The van der Waals surface area contributed by atoms with E-state index in [0.29, 0.717) is 18.4 Å². The molecular formula is C16H21N3O2S. The molecule has 0 aromatic carbocycles. The van der Waals surface area contributed by atoms with Crippen molar-refractivity contribution >= 4 is 17.4 Å². The van der Waals surface area contributed by atoms with Crippen molar-refractivity contribution in [2.24, 2.45) is 5.92 Å². The number of rotatable bonds is 4. The van der Waals surface area contributed by atoms with Crippen LogP contribution < -0.4 is 10.6 Å². The molecule has 0 bridgehead atoms. The number of nitrogens with one attached hydrogen (secondary N) is 2. The summed E-state index contributed by atoms with van der Waals surface area (Å²) in [5.41, 5.74) is 0.732. The maximum absolute atomic E-state index is 12.0. The molecule has 2 heterocycles. The summed E-state index contributed by atoms with van der Waals surface area (Å²) in [6.45, 7) is 2.58. The lowest BCUT2D eigenvalue weighted by Crippen LogP contribution is -2.45. The maximum Gasteiger partial charge on any atom is 0.315 e. The Morgan fingerprint density at radius 3 is 3.09 bits per heavy atom. The monoisotopic (exact) mass is 319 g/mol. The van der Waals surface area contributed by atoms with Gasteiger partial charge in [0.15, 0.2) is 0 Å². The Labute approximate surface area is 134 Å². The Hall–Kier alpha value is -1.82. The minimum Gasteiger partial charge on any atom is -0.443 e. The molecule has 2 aromatic heterocycles. The third-order valence-corrected chi connectivity index (χ3v) is 5.00. The SMILES string of the molecule is C[C@H]1CCCC[C@H]1NC(=O)NCc1coc(-c2cccs2)n1. The topological polar surface area (TPSA) is 67.2 Å². The van der Waals surface area contributed by atoms with Gasteiger partial charge >= 0.3 is 6.03 Å². The Bertz CT molecular complexity index is 609. The molecular weight excluding hydrogens is 298 g/mol. The van der Waals surface area contributed by atoms with Crippen LogP contribution in [0.5, 0.6) is 0 Å². The van der Waals surface area contributed by atoms with Crippen molar-refractivity contribution in [2.75, 3.05) is 0 Å². The van der Waals surface area contributed by atoms with Crippen LogP contribution in [0.15, 0.2) is 28.2 Å². The minimum absolute atomic E-state index is 0.126. The Morgan fingerprint density at radius 1 is 1.45 bits per heavy atom. The first-order valence-electron chi connectivity index (χ1n) is 7.75. The molecule has 0 saturated heterocycles. The van der Waals surface area contributed by atoms with Gasteiger partial charge in [0.1, 0.15) is 6.26 Å². The summed E-state index contributed by atoms with van der Waals surface area (Å²) in [6, 6.07) is 4.08. The second kappa shape index (κ2) is 6.96. The predicted molar refractivity (Wildman–Crippen MR) is 86.6 cm³/mol. The summed E-state index contributed by atoms with van der Waals surface area (Å²) in [5, 5.41) is 7.91. The van der Waals surface area contributed by atoms with E-state index in [9.17, 15) is 4.79 Å². The molecule has 118 valence electrons. The van der Waals surface area contributed by atoms with Gasteiger partial charge in [-0.15, -0.1) is 11.3 Å². The van der Waals surface area contributed by atoms with Gasteiger partial charge in [-0.3, -0.25) is 0 Å². The van der Waals surface area contributed by atoms with Crippen LogP contribution in [0.1, 0.15) is 38.3 Å². The highest BCUT2D eigenvalue weighted by Crippen LogP contribution is 2.24. The van der Waals surface area contributed by atoms with Crippen LogP contribution in [-0.4, -0.2) is 17.1 Å². The molecule has 1 aliphatic rings. The molecule has 2 atom stereocenters. The molecule has 3 rings (SSSR count). The molecule has 0 aliphatic heterocycles. The summed E-state index contributed by atoms with van der Waals surface area (Å²) in [7, 11) is 0. The van der Waals surface area contributed by atoms with Crippen molar-refractivity contribution in [3.05, 3.63) is 29.5 Å². The summed E-state index contributed by atoms with van der Waals surface area (Å²) in [4.78, 5) is 17.4. The molecule has 2 N–H and O–H groups in total. The van der Waals surface area contributed by atoms with Crippen molar-refractivity contribution in [1.82, 2.24) is 15.6 Å². The largest absolute Gasteiger partial charge is 0.443 e. The number of aromatic nitrogens is 1. The molecule has 2 aromatic rings. The van der Waals surface area contributed by atoms with Crippen molar-refractivity contribution < 1.29 is 9.21 Å². The van der Waals surface area contributed by atoms with Crippen LogP contribution in [0.3, 0.4) is 0 Å². The number of thiophene rings is 1. The fraction of sp³-hybridized carbons (Fsp3) is 0.500. The number of carbonyl (C=O) groups is 1. The molecule has 5 nitrogen and oxygen atoms in total. The average molecular weight is 319 g/mol. The van der Waals surface area contributed by atoms with E-state index in [2.05, 4.69) is 22.5 Å². The van der Waals surface area contributed by atoms with Crippen molar-refractivity contribution in [1.29, 1.82) is 0 Å². The molecule has 1 aliphatic carbocycles. The Balaban J connectivity index is 1.49. The number of hydrogen-bond donors (Lipinski definition) is 2. The Morgan fingerprint density at radius 2 is 2.32 bits per heavy atom. The first-order valence-corrected chi connectivity index (χ1v) is 8.63. The number of carbonyl (C=O) groups excluding carboxylic acids is 1. The maximum atomic E-state index is 12.0. The second-order valence-electron chi connectivity index (χ2n) is 5.82. The third-order valence-electron chi connectivity index (χ3n) is 4.14. The molecule has 0 radical (unpaired) electrons. The fourth-order valence-corrected chi connectivity index (χ4v) is 3.48. The molecule has 0 spiro atoms. The molecule has 6 heteroatoms. The number of nitrogens with zero attached hydrogens (tertiary/aromatic N) is 1. The zero-order chi connectivity index (χ0) is 15.4. The van der Waals surface area contributed by atoms with E-state index >= 15 is 0 Å². The van der Waals surface area contributed by atoms with Crippen molar-refractivity contribution in [2.45, 2.75) is 45.2 Å². The van der Waals surface area contributed by atoms with Crippen molar-refractivity contribution in [3.8, 4) is 10.8 Å². The lowest BCUT2D eigenvalue weighted by molar-refractivity contribution is 0.221. The normalized spacial score (nSPS) is 21.5. The smallest absolute Gasteiger partial charge is 0.315 e. The second-order valence-corrected chi connectivity index (χ2v) is 6.76. The van der Waals surface area contributed by atoms with Gasteiger partial charge < -0.3 is 15.1 Å². The van der Waals surface area contributed by atoms with Gasteiger partial charge in [-0.25, -0.2) is 9.78 Å². The molecule has 2 amide bonds. The van der Waals surface area contributed by atoms with E-state index in [1.165, 1.54) is 19.3 Å². The van der Waals surface area contributed by atoms with Crippen molar-refractivity contribution in [3.63, 3.8) is 0 Å². The predicted octanol–water partition coefficient (Wildman–Crippen LogP) is 3.78. The fourth-order valence-electron chi connectivity index (χ4n) is 2.82. The summed E-state index contributed by atoms with van der Waals surface area (Å²) >= 11 is 1.58. The first kappa shape index (κ1) is 15.1. The lowest BCUT2D eigenvalue weighted by atomic mass is 9.86. The standard InChI is InChI=1S/C16H21N3O2S/c1-11-5-2-3-6-13(11)19-16(20)17-9-12-10-21-15(18-12)14-7-4-8-22-14/h4,7-8,10-11,13H,2-3,5-6,9H2,1H3,(H2,17,19,20)/t11-,13+/m0/s1. The number of oxazole rings is 1. The van der Waals surface area contributed by atoms with Gasteiger partial charge in [-0.2, -0.15) is 0 Å². The van der Waals surface area contributed by atoms with E-state index in [0.717, 1.165) is 17.0 Å². The molecule has 0 unspecified atom stereocenters. The first-order chi connectivity index (χ1) is 10.7. The van der Waals surface area contributed by atoms with Crippen LogP contribution in [0.4, 0.5) is 4.79 Å². The summed E-state index contributed by atoms with van der Waals surface area (Å²) in [5.74, 6) is 1.16. The summed E-state index contributed by atoms with van der Waals surface area (Å²) in [6.07, 6.45) is 6.33. The third kappa shape index (κ3) is 3.68. The number of amides is 2. The van der Waals surface area contributed by atoms with Gasteiger partial charge in [0.05, 0.1) is 17.1 Å². The van der Waals surface area contributed by atoms with E-state index in [1.54, 1.807) is 17.6 Å². The van der Waals surface area contributed by atoms with Gasteiger partial charge in [-0.05, 0) is 30.2 Å². The van der Waals surface area contributed by atoms with E-state index < -0.39 is 0 Å². The molecule has 22 heavy (non-hydrogen) atoms. The van der Waals surface area contributed by atoms with Crippen LogP contribution in [-0.2, 0) is 6.54 Å². The molecule has 1 fully saturated rings. The number of hydrogen-bond acceptors (Lipinski definition) is 4. The highest BCUT2D eigenvalue weighted by atomic mass is 32.1. The van der Waals surface area contributed by atoms with E-state index in [4.69, 9.17) is 4.42 Å². The average Bonchev–Trinajstić information content (AvgIpc) is 3.18. The van der Waals surface area contributed by atoms with Crippen LogP contribution >= 0.6 is 11.3 Å². The van der Waals surface area contributed by atoms with Gasteiger partial charge in [-0.1, -0.05) is 25.8 Å². The van der Waals surface area contributed by atoms with E-state index in [-0.39, 0.29) is 12.1 Å². The highest BCUT2D eigenvalue weighted by Gasteiger charge is 2.22. The van der Waals surface area contributed by atoms with Gasteiger partial charge in [0, 0.05) is 6.04 Å². The molecule has 1 saturated carbocycles. The summed E-state index contributed by atoms with van der Waals surface area (Å²) < 4.78 is 5.44. The van der Waals surface area contributed by atoms with Gasteiger partial charge in [0.25, 0.3) is 0 Å². The highest BCUT2D eigenvalue weighted by molar-refractivity contribution is 7.13. The quantitative estimate of drug-likeness (QED) is 0.901. The van der Waals surface area contributed by atoms with Crippen LogP contribution in [0.2, 0.25) is 0 Å². The van der Waals surface area contributed by atoms with Crippen LogP contribution in [0, 0.1) is 5.92 Å². The Kier molecular flexibility index (Phi) is 4.77. The lowest BCUT2D eigenvalue weighted by Gasteiger charge is -2.29. The minimum atomic E-state index is -0.126. The van der Waals surface area contributed by atoms with E-state index in [1.807, 2.05) is 17.5 Å². The van der Waals surface area contributed by atoms with Crippen LogP contribution in [0.25, 0.3) is 10.8 Å². The number of urea groups is 1. The van der Waals surface area contributed by atoms with Gasteiger partial charge in [0.2, 0.25) is 5.89 Å². The zero-order valence-corrected chi connectivity index (χ0v) is 13.5.